The summed E-state index contributed by atoms with van der Waals surface area (Å²) in [6.07, 6.45) is -8.92. The molecule has 12 heteroatoms. The quantitative estimate of drug-likeness (QED) is 0.490. The van der Waals surface area contributed by atoms with Crippen molar-refractivity contribution >= 4 is 5.91 Å². The molecule has 4 rings (SSSR count). The van der Waals surface area contributed by atoms with E-state index in [4.69, 9.17) is 4.74 Å². The average molecular weight is 481 g/mol. The molecule has 2 aliphatic heterocycles. The van der Waals surface area contributed by atoms with Crippen LogP contribution < -0.4 is 0 Å². The Bertz CT molecular complexity index is 1070. The fourth-order valence-corrected chi connectivity index (χ4v) is 4.06. The van der Waals surface area contributed by atoms with Crippen molar-refractivity contribution in [2.75, 3.05) is 6.61 Å². The molecule has 2 aromatic rings. The van der Waals surface area contributed by atoms with Gasteiger partial charge in [0.2, 0.25) is 6.35 Å². The molecule has 3 heterocycles. The first-order valence-electron chi connectivity index (χ1n) is 10.3. The molecule has 0 radical (unpaired) electrons. The van der Waals surface area contributed by atoms with Gasteiger partial charge in [-0.05, 0) is 17.2 Å². The average Bonchev–Trinajstić information content (AvgIpc) is 3.10. The number of aliphatic hydroxyl groups is 4. The molecular formula is C22H22F3N3O6. The maximum atomic E-state index is 14.1. The number of alkyl halides is 3. The van der Waals surface area contributed by atoms with E-state index >= 15 is 0 Å². The zero-order valence-electron chi connectivity index (χ0n) is 17.6. The molecule has 1 amide bonds. The Labute approximate surface area is 191 Å². The smallest absolute Gasteiger partial charge is 0.394 e. The summed E-state index contributed by atoms with van der Waals surface area (Å²) in [4.78, 5) is 18.0. The largest absolute Gasteiger partial charge is 0.418 e. The summed E-state index contributed by atoms with van der Waals surface area (Å²) in [5.41, 5.74) is -1.36. The number of carbonyl (C=O) groups is 1. The first kappa shape index (κ1) is 24.1. The van der Waals surface area contributed by atoms with Gasteiger partial charge in [0.05, 0.1) is 24.4 Å². The number of aromatic nitrogens is 1. The minimum Gasteiger partial charge on any atom is -0.394 e. The van der Waals surface area contributed by atoms with Gasteiger partial charge in [0, 0.05) is 18.5 Å². The lowest BCUT2D eigenvalue weighted by atomic mass is 9.98. The Balaban J connectivity index is 1.67. The molecule has 9 nitrogen and oxygen atoms in total. The van der Waals surface area contributed by atoms with E-state index in [-0.39, 0.29) is 5.56 Å². The summed E-state index contributed by atoms with van der Waals surface area (Å²) < 4.78 is 47.7. The van der Waals surface area contributed by atoms with Gasteiger partial charge < -0.3 is 30.1 Å². The third kappa shape index (κ3) is 4.38. The molecule has 182 valence electrons. The summed E-state index contributed by atoms with van der Waals surface area (Å²) in [5.74, 6) is -0.796. The van der Waals surface area contributed by atoms with E-state index in [1.54, 1.807) is 18.2 Å². The second kappa shape index (κ2) is 9.31. The number of hydrogen-bond acceptors (Lipinski definition) is 8. The third-order valence-corrected chi connectivity index (χ3v) is 5.75. The number of hydrogen-bond donors (Lipinski definition) is 4. The van der Waals surface area contributed by atoms with Crippen molar-refractivity contribution in [3.8, 4) is 11.1 Å². The van der Waals surface area contributed by atoms with Gasteiger partial charge in [-0.15, -0.1) is 0 Å². The van der Waals surface area contributed by atoms with E-state index in [1.807, 2.05) is 0 Å². The van der Waals surface area contributed by atoms with E-state index in [1.165, 1.54) is 24.4 Å². The minimum absolute atomic E-state index is 0.132. The highest BCUT2D eigenvalue weighted by molar-refractivity contribution is 5.88. The zero-order chi connectivity index (χ0) is 24.6. The Morgan fingerprint density at radius 3 is 2.38 bits per heavy atom. The van der Waals surface area contributed by atoms with Crippen molar-refractivity contribution in [2.24, 2.45) is 0 Å². The monoisotopic (exact) mass is 481 g/mol. The molecule has 4 N–H and O–H groups in total. The third-order valence-electron chi connectivity index (χ3n) is 5.75. The van der Waals surface area contributed by atoms with Gasteiger partial charge in [0.1, 0.15) is 18.3 Å². The lowest BCUT2D eigenvalue weighted by Gasteiger charge is -2.41. The first-order valence-corrected chi connectivity index (χ1v) is 10.3. The van der Waals surface area contributed by atoms with Crippen molar-refractivity contribution in [2.45, 2.75) is 43.6 Å². The second-order valence-corrected chi connectivity index (χ2v) is 7.85. The van der Waals surface area contributed by atoms with Crippen LogP contribution >= 0.6 is 0 Å². The number of rotatable bonds is 5. The molecular weight excluding hydrogens is 459 g/mol. The van der Waals surface area contributed by atoms with Crippen molar-refractivity contribution in [1.29, 1.82) is 0 Å². The lowest BCUT2D eigenvalue weighted by molar-refractivity contribution is -0.192. The highest BCUT2D eigenvalue weighted by Gasteiger charge is 2.48. The number of carbonyl (C=O) groups excluding carboxylic acids is 1. The number of halogens is 3. The van der Waals surface area contributed by atoms with Crippen molar-refractivity contribution in [3.63, 3.8) is 0 Å². The van der Waals surface area contributed by atoms with Crippen LogP contribution in [0, 0.1) is 0 Å². The number of aliphatic hydroxyl groups excluding tert-OH is 4. The van der Waals surface area contributed by atoms with Crippen LogP contribution in [-0.2, 0) is 22.3 Å². The summed E-state index contributed by atoms with van der Waals surface area (Å²) in [6, 6.07) is 9.11. The van der Waals surface area contributed by atoms with Gasteiger partial charge in [0.15, 0.2) is 6.23 Å². The highest BCUT2D eigenvalue weighted by Crippen LogP contribution is 2.39. The van der Waals surface area contributed by atoms with Crippen molar-refractivity contribution in [3.05, 3.63) is 66.1 Å². The summed E-state index contributed by atoms with van der Waals surface area (Å²) in [5, 5.41) is 40.3. The summed E-state index contributed by atoms with van der Waals surface area (Å²) in [7, 11) is 0. The zero-order valence-corrected chi connectivity index (χ0v) is 17.6. The molecule has 0 aliphatic carbocycles. The van der Waals surface area contributed by atoms with Gasteiger partial charge in [-0.1, -0.05) is 30.3 Å². The minimum atomic E-state index is -4.81. The maximum Gasteiger partial charge on any atom is 0.418 e. The first-order chi connectivity index (χ1) is 16.1. The van der Waals surface area contributed by atoms with Crippen LogP contribution in [0.4, 0.5) is 13.2 Å². The van der Waals surface area contributed by atoms with Crippen LogP contribution in [0.5, 0.6) is 0 Å². The highest BCUT2D eigenvalue weighted by atomic mass is 19.4. The number of benzene rings is 1. The molecule has 0 spiro atoms. The Morgan fingerprint density at radius 1 is 1.06 bits per heavy atom. The van der Waals surface area contributed by atoms with E-state index in [9.17, 15) is 38.4 Å². The van der Waals surface area contributed by atoms with Crippen LogP contribution in [0.3, 0.4) is 0 Å². The lowest BCUT2D eigenvalue weighted by Crippen LogP contribution is -2.57. The molecule has 34 heavy (non-hydrogen) atoms. The molecule has 2 aliphatic rings. The fraction of sp³-hybridized carbons (Fsp3) is 0.364. The molecule has 1 aromatic carbocycles. The Hall–Kier alpha value is -3.03. The second-order valence-electron chi connectivity index (χ2n) is 7.85. The number of ether oxygens (including phenoxy) is 1. The molecule has 1 fully saturated rings. The summed E-state index contributed by atoms with van der Waals surface area (Å²) in [6.45, 7) is -1.32. The maximum absolute atomic E-state index is 14.1. The van der Waals surface area contributed by atoms with Crippen molar-refractivity contribution in [1.82, 2.24) is 14.8 Å². The molecule has 1 saturated heterocycles. The van der Waals surface area contributed by atoms with Gasteiger partial charge in [-0.25, -0.2) is 0 Å². The van der Waals surface area contributed by atoms with Crippen LogP contribution in [0.1, 0.15) is 11.3 Å². The number of nitrogens with zero attached hydrogens (tertiary/aromatic N) is 3. The van der Waals surface area contributed by atoms with Crippen LogP contribution in [0.15, 0.2) is 54.9 Å². The predicted octanol–water partition coefficient (Wildman–Crippen LogP) is 0.640. The van der Waals surface area contributed by atoms with Gasteiger partial charge in [-0.3, -0.25) is 14.7 Å². The molecule has 5 atom stereocenters. The normalized spacial score (nSPS) is 27.5. The standard InChI is InChI=1S/C22H22F3N3O6/c23-22(24,25)17-13(12-4-2-1-3-5-12)6-8-26-14(17)10-28-16(30)7-9-27(21(28)33)20-19(32)18(31)15(11-29)34-20/h1-9,15,18-21,29,31-33H,10-11H2/t15-,18?,19?,20-,21?/m1/s1. The molecule has 0 bridgehead atoms. The van der Waals surface area contributed by atoms with Gasteiger partial charge in [-0.2, -0.15) is 13.2 Å². The van der Waals surface area contributed by atoms with E-state index in [2.05, 4.69) is 4.98 Å². The number of pyridine rings is 1. The fourth-order valence-electron chi connectivity index (χ4n) is 4.06. The molecule has 1 aromatic heterocycles. The van der Waals surface area contributed by atoms with Crippen LogP contribution in [-0.4, -0.2) is 78.6 Å². The van der Waals surface area contributed by atoms with E-state index in [0.29, 0.717) is 5.56 Å². The SMILES string of the molecule is O=C1C=CN([C@@H]2O[C@H](CO)C(O)C2O)C(O)N1Cc1nccc(-c2ccccc2)c1C(F)(F)F. The summed E-state index contributed by atoms with van der Waals surface area (Å²) >= 11 is 0. The topological polar surface area (TPSA) is 127 Å². The predicted molar refractivity (Wildman–Crippen MR) is 110 cm³/mol. The Kier molecular flexibility index (Phi) is 6.60. The van der Waals surface area contributed by atoms with Gasteiger partial charge in [0.25, 0.3) is 5.91 Å². The van der Waals surface area contributed by atoms with Gasteiger partial charge >= 0.3 is 6.18 Å². The van der Waals surface area contributed by atoms with Crippen molar-refractivity contribution < 1.29 is 43.1 Å². The van der Waals surface area contributed by atoms with Crippen LogP contribution in [0.2, 0.25) is 0 Å². The van der Waals surface area contributed by atoms with Crippen LogP contribution in [0.25, 0.3) is 11.1 Å². The number of amides is 1. The van der Waals surface area contributed by atoms with E-state index in [0.717, 1.165) is 22.1 Å². The molecule has 3 unspecified atom stereocenters. The van der Waals surface area contributed by atoms with E-state index < -0.39 is 67.4 Å². The Morgan fingerprint density at radius 2 is 1.76 bits per heavy atom. The molecule has 0 saturated carbocycles.